The van der Waals surface area contributed by atoms with Gasteiger partial charge in [-0.15, -0.1) is 10.2 Å². The van der Waals surface area contributed by atoms with Crippen LogP contribution in [0.4, 0.5) is 22.7 Å². The Morgan fingerprint density at radius 2 is 1.77 bits per heavy atom. The monoisotopic (exact) mass is 548 g/mol. The third-order valence-electron chi connectivity index (χ3n) is 7.24. The molecule has 2 aliphatic rings. The minimum absolute atomic E-state index is 0.212. The molecule has 12 heteroatoms. The fourth-order valence-corrected chi connectivity index (χ4v) is 5.75. The van der Waals surface area contributed by atoms with Crippen LogP contribution in [-0.4, -0.2) is 68.7 Å². The second kappa shape index (κ2) is 11.6. The predicted molar refractivity (Wildman–Crippen MR) is 150 cm³/mol. The molecule has 6 rings (SSSR count). The minimum Gasteiger partial charge on any atom is -0.415 e. The van der Waals surface area contributed by atoms with Crippen LogP contribution in [0.25, 0.3) is 22.2 Å². The van der Waals surface area contributed by atoms with Crippen LogP contribution in [0.15, 0.2) is 47.0 Å². The Balaban J connectivity index is 1.21. The van der Waals surface area contributed by atoms with E-state index in [-0.39, 0.29) is 18.2 Å². The van der Waals surface area contributed by atoms with Crippen molar-refractivity contribution in [3.63, 3.8) is 0 Å². The predicted octanol–water partition coefficient (Wildman–Crippen LogP) is 4.72. The fourth-order valence-electron chi connectivity index (χ4n) is 5.01. The number of rotatable bonds is 8. The number of hydrogen-bond donors (Lipinski definition) is 3. The molecule has 0 spiro atoms. The van der Waals surface area contributed by atoms with Gasteiger partial charge in [0.25, 0.3) is 5.89 Å². The summed E-state index contributed by atoms with van der Waals surface area (Å²) in [6.45, 7) is 1.73. The topological polar surface area (TPSA) is 134 Å². The summed E-state index contributed by atoms with van der Waals surface area (Å²) >= 11 is 1.42. The molecule has 1 aliphatic heterocycles. The van der Waals surface area contributed by atoms with Gasteiger partial charge in [0.1, 0.15) is 16.5 Å². The summed E-state index contributed by atoms with van der Waals surface area (Å²) in [6.07, 6.45) is 7.06. The molecular formula is C27H32N8O3S. The third-order valence-corrected chi connectivity index (χ3v) is 8.14. The van der Waals surface area contributed by atoms with E-state index in [1.54, 1.807) is 13.3 Å². The molecule has 4 heterocycles. The molecule has 1 aliphatic carbocycles. The van der Waals surface area contributed by atoms with Crippen molar-refractivity contribution in [3.8, 4) is 22.2 Å². The lowest BCUT2D eigenvalue weighted by Crippen LogP contribution is -2.37. The maximum Gasteiger partial charge on any atom is 0.259 e. The van der Waals surface area contributed by atoms with E-state index in [9.17, 15) is 5.11 Å². The van der Waals surface area contributed by atoms with E-state index in [1.165, 1.54) is 11.3 Å². The highest BCUT2D eigenvalue weighted by molar-refractivity contribution is 7.18. The smallest absolute Gasteiger partial charge is 0.259 e. The highest BCUT2D eigenvalue weighted by atomic mass is 32.1. The summed E-state index contributed by atoms with van der Waals surface area (Å²) in [7, 11) is 1.77. The number of ether oxygens (including phenoxy) is 1. The van der Waals surface area contributed by atoms with E-state index in [2.05, 4.69) is 30.7 Å². The van der Waals surface area contributed by atoms with Gasteiger partial charge in [-0.05, 0) is 50.7 Å². The number of aromatic nitrogens is 5. The molecule has 11 nitrogen and oxygen atoms in total. The lowest BCUT2D eigenvalue weighted by Gasteiger charge is -2.32. The molecular weight excluding hydrogens is 516 g/mol. The van der Waals surface area contributed by atoms with Gasteiger partial charge >= 0.3 is 0 Å². The Kier molecular flexibility index (Phi) is 7.66. The van der Waals surface area contributed by atoms with Gasteiger partial charge in [0, 0.05) is 37.9 Å². The van der Waals surface area contributed by atoms with Crippen molar-refractivity contribution in [3.05, 3.63) is 42.6 Å². The van der Waals surface area contributed by atoms with Gasteiger partial charge in [0.2, 0.25) is 11.8 Å². The number of anilines is 4. The summed E-state index contributed by atoms with van der Waals surface area (Å²) in [6, 6.07) is 11.9. The van der Waals surface area contributed by atoms with E-state index in [4.69, 9.17) is 19.1 Å². The number of thiazole rings is 1. The van der Waals surface area contributed by atoms with E-state index in [0.717, 1.165) is 67.9 Å². The van der Waals surface area contributed by atoms with Crippen LogP contribution < -0.4 is 15.5 Å². The van der Waals surface area contributed by atoms with Gasteiger partial charge < -0.3 is 29.8 Å². The van der Waals surface area contributed by atoms with Gasteiger partial charge in [0.05, 0.1) is 18.4 Å². The van der Waals surface area contributed by atoms with Crippen LogP contribution in [0.5, 0.6) is 0 Å². The van der Waals surface area contributed by atoms with Crippen LogP contribution in [0.1, 0.15) is 38.5 Å². The standard InChI is InChI=1S/C27H32N8O3S/c1-37-20-11-13-35(14-12-20)23-15-22(30-26(32-23)29-18-7-9-19(36)10-8-18)31-27-28-16-21(39-27)25-34-33-24(38-25)17-5-3-2-4-6-17/h2-6,15-16,18-20,36H,7-14H2,1H3,(H2,28,29,30,31,32). The van der Waals surface area contributed by atoms with Gasteiger partial charge in [-0.1, -0.05) is 29.5 Å². The number of piperidine rings is 1. The molecule has 3 N–H and O–H groups in total. The average molecular weight is 549 g/mol. The summed E-state index contributed by atoms with van der Waals surface area (Å²) in [4.78, 5) is 17.2. The maximum absolute atomic E-state index is 9.89. The zero-order valence-corrected chi connectivity index (χ0v) is 22.6. The Bertz CT molecular complexity index is 1360. The molecule has 1 saturated heterocycles. The number of aliphatic hydroxyl groups is 1. The van der Waals surface area contributed by atoms with E-state index >= 15 is 0 Å². The normalized spacial score (nSPS) is 20.2. The Morgan fingerprint density at radius 1 is 1.00 bits per heavy atom. The summed E-state index contributed by atoms with van der Waals surface area (Å²) in [5, 5.41) is 25.8. The zero-order valence-electron chi connectivity index (χ0n) is 21.8. The van der Waals surface area contributed by atoms with Crippen molar-refractivity contribution in [2.75, 3.05) is 35.7 Å². The first-order chi connectivity index (χ1) is 19.1. The van der Waals surface area contributed by atoms with Crippen molar-refractivity contribution in [2.45, 2.75) is 56.8 Å². The van der Waals surface area contributed by atoms with Gasteiger partial charge in [-0.3, -0.25) is 0 Å². The Labute approximate surface area is 230 Å². The molecule has 0 bridgehead atoms. The Hall–Kier alpha value is -3.61. The van der Waals surface area contributed by atoms with E-state index in [1.807, 2.05) is 36.4 Å². The van der Waals surface area contributed by atoms with Crippen molar-refractivity contribution in [1.82, 2.24) is 25.1 Å². The van der Waals surface area contributed by atoms with Crippen molar-refractivity contribution in [1.29, 1.82) is 0 Å². The highest BCUT2D eigenvalue weighted by Gasteiger charge is 2.23. The zero-order chi connectivity index (χ0) is 26.6. The fraction of sp³-hybridized carbons (Fsp3) is 0.444. The molecule has 4 aromatic rings. The molecule has 2 fully saturated rings. The van der Waals surface area contributed by atoms with Crippen molar-refractivity contribution >= 4 is 34.1 Å². The molecule has 204 valence electrons. The molecule has 39 heavy (non-hydrogen) atoms. The van der Waals surface area contributed by atoms with Gasteiger partial charge in [-0.2, -0.15) is 9.97 Å². The van der Waals surface area contributed by atoms with Crippen LogP contribution in [0.3, 0.4) is 0 Å². The van der Waals surface area contributed by atoms with Crippen molar-refractivity contribution in [2.24, 2.45) is 0 Å². The lowest BCUT2D eigenvalue weighted by atomic mass is 9.93. The Morgan fingerprint density at radius 3 is 2.54 bits per heavy atom. The largest absolute Gasteiger partial charge is 0.415 e. The number of aliphatic hydroxyl groups excluding tert-OH is 1. The third kappa shape index (κ3) is 6.18. The quantitative estimate of drug-likeness (QED) is 0.282. The van der Waals surface area contributed by atoms with Crippen LogP contribution >= 0.6 is 11.3 Å². The van der Waals surface area contributed by atoms with Crippen molar-refractivity contribution < 1.29 is 14.3 Å². The number of nitrogens with one attached hydrogen (secondary N) is 2. The molecule has 0 unspecified atom stereocenters. The second-order valence-electron chi connectivity index (χ2n) is 9.94. The van der Waals surface area contributed by atoms with E-state index < -0.39 is 0 Å². The first-order valence-electron chi connectivity index (χ1n) is 13.4. The summed E-state index contributed by atoms with van der Waals surface area (Å²) in [5.41, 5.74) is 0.870. The van der Waals surface area contributed by atoms with Crippen LogP contribution in [0.2, 0.25) is 0 Å². The SMILES string of the molecule is COC1CCN(c2cc(Nc3ncc(-c4nnc(-c5ccccc5)o4)s3)nc(NC3CCC(O)CC3)n2)CC1. The van der Waals surface area contributed by atoms with Gasteiger partial charge in [0.15, 0.2) is 5.13 Å². The summed E-state index contributed by atoms with van der Waals surface area (Å²) < 4.78 is 11.4. The number of nitrogens with zero attached hydrogens (tertiary/aromatic N) is 6. The van der Waals surface area contributed by atoms with Gasteiger partial charge in [-0.25, -0.2) is 4.98 Å². The number of hydrogen-bond acceptors (Lipinski definition) is 12. The lowest BCUT2D eigenvalue weighted by molar-refractivity contribution is 0.0818. The maximum atomic E-state index is 9.89. The first kappa shape index (κ1) is 25.7. The molecule has 3 aromatic heterocycles. The number of benzene rings is 1. The van der Waals surface area contributed by atoms with Crippen LogP contribution in [0, 0.1) is 0 Å². The minimum atomic E-state index is -0.212. The van der Waals surface area contributed by atoms with Crippen LogP contribution in [-0.2, 0) is 4.74 Å². The summed E-state index contributed by atoms with van der Waals surface area (Å²) in [5.74, 6) is 2.99. The average Bonchev–Trinajstić information content (AvgIpc) is 3.65. The molecule has 0 atom stereocenters. The first-order valence-corrected chi connectivity index (χ1v) is 14.2. The second-order valence-corrected chi connectivity index (χ2v) is 11.0. The van der Waals surface area contributed by atoms with E-state index in [0.29, 0.717) is 28.7 Å². The molecule has 0 radical (unpaired) electrons. The highest BCUT2D eigenvalue weighted by Crippen LogP contribution is 2.33. The molecule has 1 aromatic carbocycles. The molecule has 0 amide bonds. The number of methoxy groups -OCH3 is 1. The molecule has 1 saturated carbocycles.